The Labute approximate surface area is 241 Å². The Morgan fingerprint density at radius 1 is 0.946 bits per heavy atom. The number of rotatable bonds is 8. The summed E-state index contributed by atoms with van der Waals surface area (Å²) < 4.78 is 10.2. The number of para-hydroxylation sites is 1. The van der Waals surface area contributed by atoms with E-state index in [1.165, 1.54) is 39.2 Å². The Kier molecular flexibility index (Phi) is 9.22. The number of thiazole rings is 1. The van der Waals surface area contributed by atoms with Crippen molar-refractivity contribution in [1.29, 1.82) is 0 Å². The lowest BCUT2D eigenvalue weighted by Crippen LogP contribution is -3.00. The largest absolute Gasteiger partial charge is 1.00 e. The van der Waals surface area contributed by atoms with Gasteiger partial charge in [0.25, 0.3) is 5.01 Å². The molecule has 0 aliphatic carbocycles. The van der Waals surface area contributed by atoms with Crippen LogP contribution in [0.5, 0.6) is 5.75 Å². The number of fused-ring (bicyclic) bond motifs is 2. The molecule has 5 rings (SSSR count). The summed E-state index contributed by atoms with van der Waals surface area (Å²) in [7, 11) is 0. The van der Waals surface area contributed by atoms with Crippen molar-refractivity contribution in [3.05, 3.63) is 106 Å². The maximum atomic E-state index is 6.37. The lowest BCUT2D eigenvalue weighted by atomic mass is 10.1. The second-order valence-electron chi connectivity index (χ2n) is 9.10. The van der Waals surface area contributed by atoms with Crippen LogP contribution in [0.3, 0.4) is 0 Å². The van der Waals surface area contributed by atoms with Crippen molar-refractivity contribution in [2.75, 3.05) is 11.4 Å². The molecule has 190 valence electrons. The fourth-order valence-electron chi connectivity index (χ4n) is 4.55. The Morgan fingerprint density at radius 3 is 2.49 bits per heavy atom. The molecular weight excluding hydrogens is 587 g/mol. The smallest absolute Gasteiger partial charge is 0.263 e. The van der Waals surface area contributed by atoms with E-state index in [4.69, 9.17) is 4.74 Å². The molecule has 0 saturated carbocycles. The van der Waals surface area contributed by atoms with Crippen molar-refractivity contribution in [1.82, 2.24) is 0 Å². The zero-order chi connectivity index (χ0) is 24.9. The van der Waals surface area contributed by atoms with Crippen molar-refractivity contribution in [2.24, 2.45) is 0 Å². The third-order valence-electron chi connectivity index (χ3n) is 6.41. The third kappa shape index (κ3) is 6.16. The minimum absolute atomic E-state index is 0. The molecule has 0 radical (unpaired) electrons. The van der Waals surface area contributed by atoms with Gasteiger partial charge in [-0.3, -0.25) is 0 Å². The Bertz CT molecular complexity index is 1450. The first-order chi connectivity index (χ1) is 17.7. The molecule has 0 atom stereocenters. The maximum Gasteiger partial charge on any atom is 0.263 e. The lowest BCUT2D eigenvalue weighted by Gasteiger charge is -2.15. The van der Waals surface area contributed by atoms with Gasteiger partial charge in [-0.2, -0.15) is 4.57 Å². The van der Waals surface area contributed by atoms with Gasteiger partial charge in [-0.05, 0) is 48.7 Å². The summed E-state index contributed by atoms with van der Waals surface area (Å²) in [4.78, 5) is 2.24. The fourth-order valence-corrected chi connectivity index (χ4v) is 5.75. The summed E-state index contributed by atoms with van der Waals surface area (Å²) in [5.74, 6) is 1.79. The van der Waals surface area contributed by atoms with Gasteiger partial charge in [0.2, 0.25) is 11.4 Å². The molecule has 1 aromatic heterocycles. The molecule has 1 aliphatic heterocycles. The molecule has 0 fully saturated rings. The Balaban J connectivity index is 0.00000320. The van der Waals surface area contributed by atoms with Crippen molar-refractivity contribution < 1.29 is 33.3 Å². The van der Waals surface area contributed by atoms with E-state index in [0.29, 0.717) is 0 Å². The molecule has 3 aromatic carbocycles. The highest BCUT2D eigenvalue weighted by molar-refractivity contribution is 7.18. The van der Waals surface area contributed by atoms with E-state index in [2.05, 4.69) is 121 Å². The van der Waals surface area contributed by atoms with E-state index in [0.717, 1.165) is 36.0 Å². The molecule has 37 heavy (non-hydrogen) atoms. The minimum atomic E-state index is 0. The molecule has 0 bridgehead atoms. The van der Waals surface area contributed by atoms with E-state index in [-0.39, 0.29) is 24.0 Å². The molecule has 0 unspecified atom stereocenters. The van der Waals surface area contributed by atoms with Crippen LogP contribution in [0.4, 0.5) is 5.69 Å². The number of hydrogen-bond acceptors (Lipinski definition) is 3. The molecule has 0 saturated heterocycles. The third-order valence-corrected chi connectivity index (χ3v) is 7.53. The predicted octanol–water partition coefficient (Wildman–Crippen LogP) is 5.33. The van der Waals surface area contributed by atoms with Crippen LogP contribution in [0.2, 0.25) is 0 Å². The normalized spacial score (nSPS) is 14.3. The molecule has 0 spiro atoms. The van der Waals surface area contributed by atoms with Gasteiger partial charge in [-0.25, -0.2) is 0 Å². The molecule has 5 heteroatoms. The molecule has 0 amide bonds. The monoisotopic (exact) mass is 620 g/mol. The summed E-state index contributed by atoms with van der Waals surface area (Å²) in [6.45, 7) is 8.47. The average molecular weight is 621 g/mol. The molecule has 1 aliphatic rings. The van der Waals surface area contributed by atoms with Gasteiger partial charge in [0.05, 0.1) is 5.69 Å². The maximum absolute atomic E-state index is 6.37. The molecule has 0 N–H and O–H groups in total. The highest BCUT2D eigenvalue weighted by atomic mass is 127. The van der Waals surface area contributed by atoms with Crippen LogP contribution in [0, 0.1) is 0 Å². The number of nitrogens with zero attached hydrogens (tertiary/aromatic N) is 2. The number of unbranched alkanes of at least 4 members (excludes halogenated alkanes) is 1. The number of hydrogen-bond donors (Lipinski definition) is 0. The van der Waals surface area contributed by atoms with Gasteiger partial charge in [0, 0.05) is 31.2 Å². The van der Waals surface area contributed by atoms with Crippen molar-refractivity contribution in [3.8, 4) is 5.75 Å². The van der Waals surface area contributed by atoms with Crippen molar-refractivity contribution in [3.63, 3.8) is 0 Å². The number of aryl methyl sites for hydroxylation is 1. The van der Waals surface area contributed by atoms with Crippen LogP contribution < -0.4 is 38.2 Å². The van der Waals surface area contributed by atoms with Gasteiger partial charge in [0.15, 0.2) is 12.3 Å². The van der Waals surface area contributed by atoms with Crippen LogP contribution in [-0.2, 0) is 6.54 Å². The second kappa shape index (κ2) is 12.6. The van der Waals surface area contributed by atoms with Crippen molar-refractivity contribution >= 4 is 45.5 Å². The first-order valence-corrected chi connectivity index (χ1v) is 13.6. The number of anilines is 1. The standard InChI is InChI=1S/C32H33N2OS.HI/c1-4-6-20-34-28-14-10-11-15-30(28)36-32(34)22-24(3)21-31-33(5-2)27-19-18-26(23-29(27)35-31)17-16-25-12-8-7-9-13-25;/h7-19,21-23H,4-6,20H2,1-3H3;1H/q+1;/p-1/b17-16+;. The van der Waals surface area contributed by atoms with Crippen LogP contribution >= 0.6 is 11.3 Å². The quantitative estimate of drug-likeness (QED) is 0.151. The number of ether oxygens (including phenoxy) is 1. The number of allylic oxidation sites excluding steroid dienone is 2. The summed E-state index contributed by atoms with van der Waals surface area (Å²) >= 11 is 1.86. The zero-order valence-electron chi connectivity index (χ0n) is 21.7. The summed E-state index contributed by atoms with van der Waals surface area (Å²) in [5, 5.41) is 1.28. The topological polar surface area (TPSA) is 16.4 Å². The van der Waals surface area contributed by atoms with Crippen molar-refractivity contribution in [2.45, 2.75) is 40.2 Å². The van der Waals surface area contributed by atoms with E-state index in [9.17, 15) is 0 Å². The summed E-state index contributed by atoms with van der Waals surface area (Å²) in [6.07, 6.45) is 11.1. The SMILES string of the molecule is CCCC[n+]1c(/C=C(C)/C=C2/Oc3cc(/C=C/c4ccccc4)ccc3N2CC)sc2ccccc21.[I-]. The van der Waals surface area contributed by atoms with Crippen LogP contribution in [0.15, 0.2) is 90.3 Å². The summed E-state index contributed by atoms with van der Waals surface area (Å²) in [5.41, 5.74) is 5.93. The van der Waals surface area contributed by atoms with E-state index in [1.807, 2.05) is 17.4 Å². The lowest BCUT2D eigenvalue weighted by molar-refractivity contribution is -0.669. The molecular formula is C32H33IN2OS. The second-order valence-corrected chi connectivity index (χ2v) is 10.2. The molecule has 2 heterocycles. The highest BCUT2D eigenvalue weighted by Gasteiger charge is 2.25. The highest BCUT2D eigenvalue weighted by Crippen LogP contribution is 2.40. The van der Waals surface area contributed by atoms with E-state index < -0.39 is 0 Å². The van der Waals surface area contributed by atoms with Gasteiger partial charge in [-0.15, -0.1) is 0 Å². The first-order valence-electron chi connectivity index (χ1n) is 12.8. The minimum Gasteiger partial charge on any atom is -1.00 e. The van der Waals surface area contributed by atoms with Gasteiger partial charge in [-0.1, -0.05) is 85.4 Å². The predicted molar refractivity (Wildman–Crippen MR) is 154 cm³/mol. The zero-order valence-corrected chi connectivity index (χ0v) is 24.6. The number of benzene rings is 3. The van der Waals surface area contributed by atoms with Crippen LogP contribution in [0.1, 0.15) is 49.7 Å². The average Bonchev–Trinajstić information content (AvgIpc) is 3.42. The van der Waals surface area contributed by atoms with Crippen LogP contribution in [-0.4, -0.2) is 6.54 Å². The van der Waals surface area contributed by atoms with Crippen LogP contribution in [0.25, 0.3) is 28.4 Å². The fraction of sp³-hybridized carbons (Fsp3) is 0.219. The first kappa shape index (κ1) is 27.1. The van der Waals surface area contributed by atoms with E-state index in [1.54, 1.807) is 0 Å². The molecule has 4 aromatic rings. The number of halogens is 1. The van der Waals surface area contributed by atoms with Gasteiger partial charge < -0.3 is 33.6 Å². The molecule has 3 nitrogen and oxygen atoms in total. The Hall–Kier alpha value is -2.90. The van der Waals surface area contributed by atoms with Gasteiger partial charge >= 0.3 is 0 Å². The summed E-state index contributed by atoms with van der Waals surface area (Å²) in [6, 6.07) is 25.5. The van der Waals surface area contributed by atoms with E-state index >= 15 is 0 Å². The van der Waals surface area contributed by atoms with Gasteiger partial charge in [0.1, 0.15) is 4.70 Å². The number of aromatic nitrogens is 1. The Morgan fingerprint density at radius 2 is 1.70 bits per heavy atom.